The maximum atomic E-state index is 12.2. The lowest BCUT2D eigenvalue weighted by atomic mass is 10.2. The van der Waals surface area contributed by atoms with Gasteiger partial charge in [0.15, 0.2) is 0 Å². The van der Waals surface area contributed by atoms with Gasteiger partial charge in [-0.2, -0.15) is 0 Å². The van der Waals surface area contributed by atoms with Crippen LogP contribution in [-0.2, 0) is 23.9 Å². The Morgan fingerprint density at radius 1 is 1.15 bits per heavy atom. The smallest absolute Gasteiger partial charge is 0.324 e. The third-order valence-corrected chi connectivity index (χ3v) is 5.06. The average molecular weight is 403 g/mol. The molecule has 7 nitrogen and oxygen atoms in total. The van der Waals surface area contributed by atoms with Gasteiger partial charge in [0.25, 0.3) is 0 Å². The van der Waals surface area contributed by atoms with Crippen LogP contribution in [0.25, 0.3) is 0 Å². The number of hydrogen-bond donors (Lipinski definition) is 2. The fourth-order valence-corrected chi connectivity index (χ4v) is 3.65. The van der Waals surface area contributed by atoms with Gasteiger partial charge in [-0.25, -0.2) is 0 Å². The number of thioether (sulfide) groups is 1. The summed E-state index contributed by atoms with van der Waals surface area (Å²) in [6.45, 7) is 9.01. The molecule has 0 bridgehead atoms. The summed E-state index contributed by atoms with van der Waals surface area (Å²) < 4.78 is 10.4. The lowest BCUT2D eigenvalue weighted by Crippen LogP contribution is -2.49. The van der Waals surface area contributed by atoms with Crippen LogP contribution in [-0.4, -0.2) is 59.7 Å². The van der Waals surface area contributed by atoms with E-state index in [1.54, 1.807) is 34.6 Å². The highest BCUT2D eigenvalue weighted by Crippen LogP contribution is 2.18. The van der Waals surface area contributed by atoms with E-state index in [4.69, 9.17) is 9.47 Å². The Morgan fingerprint density at radius 2 is 1.78 bits per heavy atom. The van der Waals surface area contributed by atoms with Crippen molar-refractivity contribution in [2.24, 2.45) is 0 Å². The summed E-state index contributed by atoms with van der Waals surface area (Å²) in [4.78, 5) is 36.4. The van der Waals surface area contributed by atoms with Crippen LogP contribution >= 0.6 is 11.8 Å². The fraction of sp³-hybridized carbons (Fsp3) is 0.842. The van der Waals surface area contributed by atoms with Crippen LogP contribution in [0.15, 0.2) is 0 Å². The quantitative estimate of drug-likeness (QED) is 0.540. The van der Waals surface area contributed by atoms with Crippen molar-refractivity contribution in [2.45, 2.75) is 84.0 Å². The molecule has 0 saturated heterocycles. The average Bonchev–Trinajstić information content (AvgIpc) is 3.05. The normalized spacial score (nSPS) is 17.2. The van der Waals surface area contributed by atoms with Crippen molar-refractivity contribution in [3.05, 3.63) is 0 Å². The van der Waals surface area contributed by atoms with Gasteiger partial charge in [-0.3, -0.25) is 19.7 Å². The van der Waals surface area contributed by atoms with E-state index in [0.29, 0.717) is 5.75 Å². The number of rotatable bonds is 10. The fourth-order valence-electron chi connectivity index (χ4n) is 2.80. The molecule has 2 atom stereocenters. The van der Waals surface area contributed by atoms with E-state index in [0.717, 1.165) is 25.7 Å². The minimum Gasteiger partial charge on any atom is -0.465 e. The summed E-state index contributed by atoms with van der Waals surface area (Å²) in [7, 11) is 0. The SMILES string of the molecule is CCOC(=O)[C@H](CSCC(=O)NC1CCCC1)N[C@@H](C)C(=O)OC(C)(C)C. The van der Waals surface area contributed by atoms with Crippen molar-refractivity contribution in [3.8, 4) is 0 Å². The summed E-state index contributed by atoms with van der Waals surface area (Å²) in [6.07, 6.45) is 4.40. The minimum absolute atomic E-state index is 0.0188. The van der Waals surface area contributed by atoms with Crippen molar-refractivity contribution < 1.29 is 23.9 Å². The zero-order valence-electron chi connectivity index (χ0n) is 17.1. The maximum absolute atomic E-state index is 12.2. The molecule has 2 N–H and O–H groups in total. The summed E-state index contributed by atoms with van der Waals surface area (Å²) in [5.74, 6) is -0.272. The second kappa shape index (κ2) is 11.5. The first-order valence-electron chi connectivity index (χ1n) is 9.65. The van der Waals surface area contributed by atoms with Crippen LogP contribution in [0.3, 0.4) is 0 Å². The largest absolute Gasteiger partial charge is 0.465 e. The first-order chi connectivity index (χ1) is 12.6. The molecule has 1 rings (SSSR count). The molecule has 0 aromatic heterocycles. The van der Waals surface area contributed by atoms with Gasteiger partial charge < -0.3 is 14.8 Å². The standard InChI is InChI=1S/C19H34N2O5S/c1-6-25-18(24)15(20-13(2)17(23)26-19(3,4)5)11-27-12-16(22)21-14-9-7-8-10-14/h13-15,20H,6-12H2,1-5H3,(H,21,22)/t13-,15-/m0/s1. The highest BCUT2D eigenvalue weighted by Gasteiger charge is 2.28. The first-order valence-corrected chi connectivity index (χ1v) is 10.8. The van der Waals surface area contributed by atoms with E-state index in [1.165, 1.54) is 11.8 Å². The predicted octanol–water partition coefficient (Wildman–Crippen LogP) is 2.03. The van der Waals surface area contributed by atoms with Crippen molar-refractivity contribution in [2.75, 3.05) is 18.1 Å². The molecule has 1 fully saturated rings. The van der Waals surface area contributed by atoms with Crippen LogP contribution in [0.4, 0.5) is 0 Å². The van der Waals surface area contributed by atoms with Crippen LogP contribution in [0.5, 0.6) is 0 Å². The van der Waals surface area contributed by atoms with Crippen molar-refractivity contribution in [3.63, 3.8) is 0 Å². The molecule has 1 saturated carbocycles. The Labute approximate surface area is 166 Å². The Balaban J connectivity index is 2.49. The Hall–Kier alpha value is -1.28. The number of ether oxygens (including phenoxy) is 2. The summed E-state index contributed by atoms with van der Waals surface area (Å²) in [6, 6.07) is -1.06. The van der Waals surface area contributed by atoms with Gasteiger partial charge in [0, 0.05) is 11.8 Å². The van der Waals surface area contributed by atoms with E-state index in [1.807, 2.05) is 0 Å². The third-order valence-electron chi connectivity index (χ3n) is 4.02. The topological polar surface area (TPSA) is 93.7 Å². The van der Waals surface area contributed by atoms with Gasteiger partial charge in [0.05, 0.1) is 12.4 Å². The molecule has 0 unspecified atom stereocenters. The lowest BCUT2D eigenvalue weighted by Gasteiger charge is -2.25. The number of hydrogen-bond acceptors (Lipinski definition) is 7. The van der Waals surface area contributed by atoms with Crippen molar-refractivity contribution >= 4 is 29.6 Å². The zero-order valence-corrected chi connectivity index (χ0v) is 17.9. The highest BCUT2D eigenvalue weighted by molar-refractivity contribution is 8.00. The molecule has 27 heavy (non-hydrogen) atoms. The minimum atomic E-state index is -0.684. The molecule has 1 amide bonds. The van der Waals surface area contributed by atoms with E-state index in [9.17, 15) is 14.4 Å². The molecule has 0 radical (unpaired) electrons. The van der Waals surface area contributed by atoms with E-state index < -0.39 is 29.6 Å². The number of esters is 2. The molecule has 0 aromatic carbocycles. The highest BCUT2D eigenvalue weighted by atomic mass is 32.2. The Kier molecular flexibility index (Phi) is 10.2. The lowest BCUT2D eigenvalue weighted by molar-refractivity contribution is -0.157. The number of carbonyl (C=O) groups excluding carboxylic acids is 3. The van der Waals surface area contributed by atoms with Gasteiger partial charge in [0.1, 0.15) is 17.7 Å². The number of amides is 1. The van der Waals surface area contributed by atoms with Crippen LogP contribution in [0.2, 0.25) is 0 Å². The Bertz CT molecular complexity index is 501. The third kappa shape index (κ3) is 10.0. The molecule has 0 spiro atoms. The van der Waals surface area contributed by atoms with Crippen LogP contribution in [0, 0.1) is 0 Å². The number of carbonyl (C=O) groups is 3. The summed E-state index contributed by atoms with van der Waals surface area (Å²) in [5, 5.41) is 5.99. The molecule has 0 aliphatic heterocycles. The van der Waals surface area contributed by atoms with Gasteiger partial charge in [-0.15, -0.1) is 11.8 Å². The van der Waals surface area contributed by atoms with Gasteiger partial charge in [0.2, 0.25) is 5.91 Å². The van der Waals surface area contributed by atoms with Gasteiger partial charge in [-0.1, -0.05) is 12.8 Å². The molecule has 8 heteroatoms. The van der Waals surface area contributed by atoms with Gasteiger partial charge >= 0.3 is 11.9 Å². The van der Waals surface area contributed by atoms with E-state index in [2.05, 4.69) is 10.6 Å². The second-order valence-electron chi connectivity index (χ2n) is 7.79. The molecule has 0 heterocycles. The second-order valence-corrected chi connectivity index (χ2v) is 8.82. The number of nitrogens with one attached hydrogen (secondary N) is 2. The monoisotopic (exact) mass is 402 g/mol. The predicted molar refractivity (Wildman–Crippen MR) is 107 cm³/mol. The van der Waals surface area contributed by atoms with Crippen molar-refractivity contribution in [1.82, 2.24) is 10.6 Å². The molecular weight excluding hydrogens is 368 g/mol. The van der Waals surface area contributed by atoms with Gasteiger partial charge in [-0.05, 0) is 47.5 Å². The van der Waals surface area contributed by atoms with E-state index in [-0.39, 0.29) is 24.3 Å². The molecule has 156 valence electrons. The van der Waals surface area contributed by atoms with E-state index >= 15 is 0 Å². The molecule has 1 aliphatic carbocycles. The zero-order chi connectivity index (χ0) is 20.4. The summed E-state index contributed by atoms with van der Waals surface area (Å²) >= 11 is 1.35. The van der Waals surface area contributed by atoms with Crippen LogP contribution in [0.1, 0.15) is 60.3 Å². The Morgan fingerprint density at radius 3 is 2.33 bits per heavy atom. The maximum Gasteiger partial charge on any atom is 0.324 e. The van der Waals surface area contributed by atoms with Crippen LogP contribution < -0.4 is 10.6 Å². The molecule has 0 aromatic rings. The molecule has 1 aliphatic rings. The molecular formula is C19H34N2O5S. The summed E-state index contributed by atoms with van der Waals surface area (Å²) in [5.41, 5.74) is -0.598. The first kappa shape index (κ1) is 23.8. The van der Waals surface area contributed by atoms with Crippen molar-refractivity contribution in [1.29, 1.82) is 0 Å².